The van der Waals surface area contributed by atoms with Crippen LogP contribution >= 0.6 is 0 Å². The van der Waals surface area contributed by atoms with Gasteiger partial charge in [0.2, 0.25) is 0 Å². The van der Waals surface area contributed by atoms with Gasteiger partial charge in [0.1, 0.15) is 5.75 Å². The maximum absolute atomic E-state index is 5.84. The van der Waals surface area contributed by atoms with Gasteiger partial charge in [0.05, 0.1) is 12.2 Å². The van der Waals surface area contributed by atoms with E-state index in [1.54, 1.807) is 7.11 Å². The molecule has 1 rings (SSSR count). The zero-order chi connectivity index (χ0) is 15.2. The largest absolute Gasteiger partial charge is 0.493 e. The molecule has 0 heterocycles. The molecular formula is C18H30O2. The number of hydrogen-bond acceptors (Lipinski definition) is 2. The van der Waals surface area contributed by atoms with Crippen LogP contribution in [0.3, 0.4) is 0 Å². The minimum Gasteiger partial charge on any atom is -0.493 e. The molecule has 0 aromatic heterocycles. The van der Waals surface area contributed by atoms with E-state index in [1.165, 1.54) is 18.4 Å². The predicted octanol–water partition coefficient (Wildman–Crippen LogP) is 5.03. The van der Waals surface area contributed by atoms with E-state index >= 15 is 0 Å². The molecule has 20 heavy (non-hydrogen) atoms. The smallest absolute Gasteiger partial charge is 0.119 e. The molecule has 2 nitrogen and oxygen atoms in total. The van der Waals surface area contributed by atoms with E-state index in [0.717, 1.165) is 12.4 Å². The highest BCUT2D eigenvalue weighted by molar-refractivity contribution is 5.30. The first-order valence-corrected chi connectivity index (χ1v) is 7.68. The van der Waals surface area contributed by atoms with Crippen LogP contribution in [0.15, 0.2) is 24.3 Å². The number of benzene rings is 1. The zero-order valence-electron chi connectivity index (χ0n) is 13.9. The van der Waals surface area contributed by atoms with Gasteiger partial charge >= 0.3 is 0 Å². The van der Waals surface area contributed by atoms with E-state index in [1.807, 2.05) is 0 Å². The molecule has 0 saturated carbocycles. The molecule has 0 fully saturated rings. The van der Waals surface area contributed by atoms with Crippen LogP contribution in [-0.2, 0) is 4.74 Å². The summed E-state index contributed by atoms with van der Waals surface area (Å²) in [7, 11) is 1.77. The molecule has 0 aliphatic carbocycles. The molecule has 0 aliphatic heterocycles. The Hall–Kier alpha value is -1.02. The van der Waals surface area contributed by atoms with Crippen LogP contribution in [0.5, 0.6) is 5.75 Å². The van der Waals surface area contributed by atoms with Crippen LogP contribution in [0, 0.1) is 5.92 Å². The monoisotopic (exact) mass is 278 g/mol. The van der Waals surface area contributed by atoms with Crippen LogP contribution in [0.1, 0.15) is 58.9 Å². The molecule has 0 aliphatic rings. The van der Waals surface area contributed by atoms with Crippen molar-refractivity contribution in [2.24, 2.45) is 5.92 Å². The third-order valence-electron chi connectivity index (χ3n) is 4.26. The Labute approximate surface area is 124 Å². The number of methoxy groups -OCH3 is 1. The summed E-state index contributed by atoms with van der Waals surface area (Å²) in [5, 5.41) is 0. The Bertz CT molecular complexity index is 381. The maximum atomic E-state index is 5.84. The second kappa shape index (κ2) is 7.68. The van der Waals surface area contributed by atoms with Crippen molar-refractivity contribution in [1.82, 2.24) is 0 Å². The lowest BCUT2D eigenvalue weighted by molar-refractivity contribution is 0.00321. The number of ether oxygens (including phenoxy) is 2. The Balaban J connectivity index is 2.60. The topological polar surface area (TPSA) is 18.5 Å². The second-order valence-electron chi connectivity index (χ2n) is 6.30. The minimum atomic E-state index is -0.155. The summed E-state index contributed by atoms with van der Waals surface area (Å²) in [6.07, 6.45) is 2.43. The SMILES string of the molecule is CCCC(C)COc1ccc([C@@H](C)C(C)(C)OC)cc1. The predicted molar refractivity (Wildman–Crippen MR) is 85.5 cm³/mol. The summed E-state index contributed by atoms with van der Waals surface area (Å²) < 4.78 is 11.4. The molecule has 1 aromatic carbocycles. The summed E-state index contributed by atoms with van der Waals surface area (Å²) in [4.78, 5) is 0. The van der Waals surface area contributed by atoms with Crippen LogP contribution < -0.4 is 4.74 Å². The first-order valence-electron chi connectivity index (χ1n) is 7.68. The standard InChI is InChI=1S/C18H30O2/c1-7-8-14(2)13-20-17-11-9-16(10-12-17)15(3)18(4,5)19-6/h9-12,14-15H,7-8,13H2,1-6H3/t14?,15-/m1/s1. The summed E-state index contributed by atoms with van der Waals surface area (Å²) >= 11 is 0. The van der Waals surface area contributed by atoms with Crippen molar-refractivity contribution in [2.45, 2.75) is 59.0 Å². The van der Waals surface area contributed by atoms with Crippen LogP contribution in [-0.4, -0.2) is 19.3 Å². The fourth-order valence-corrected chi connectivity index (χ4v) is 2.25. The van der Waals surface area contributed by atoms with Gasteiger partial charge in [-0.1, -0.05) is 39.3 Å². The van der Waals surface area contributed by atoms with Gasteiger partial charge in [-0.15, -0.1) is 0 Å². The lowest BCUT2D eigenvalue weighted by Gasteiger charge is -2.30. The number of hydrogen-bond donors (Lipinski definition) is 0. The lowest BCUT2D eigenvalue weighted by atomic mass is 9.86. The molecule has 0 radical (unpaired) electrons. The van der Waals surface area contributed by atoms with Crippen molar-refractivity contribution in [1.29, 1.82) is 0 Å². The van der Waals surface area contributed by atoms with Crippen LogP contribution in [0.4, 0.5) is 0 Å². The third-order valence-corrected chi connectivity index (χ3v) is 4.26. The van der Waals surface area contributed by atoms with Crippen molar-refractivity contribution >= 4 is 0 Å². The van der Waals surface area contributed by atoms with Gasteiger partial charge in [0.15, 0.2) is 0 Å². The lowest BCUT2D eigenvalue weighted by Crippen LogP contribution is -2.29. The van der Waals surface area contributed by atoms with E-state index in [9.17, 15) is 0 Å². The fraction of sp³-hybridized carbons (Fsp3) is 0.667. The second-order valence-corrected chi connectivity index (χ2v) is 6.30. The van der Waals surface area contributed by atoms with Gasteiger partial charge in [-0.2, -0.15) is 0 Å². The molecule has 1 unspecified atom stereocenters. The zero-order valence-corrected chi connectivity index (χ0v) is 13.9. The Morgan fingerprint density at radius 3 is 2.20 bits per heavy atom. The Morgan fingerprint density at radius 1 is 1.10 bits per heavy atom. The van der Waals surface area contributed by atoms with Gasteiger partial charge in [0, 0.05) is 13.0 Å². The van der Waals surface area contributed by atoms with Crippen LogP contribution in [0.25, 0.3) is 0 Å². The first kappa shape index (κ1) is 17.0. The highest BCUT2D eigenvalue weighted by Crippen LogP contribution is 2.31. The molecule has 0 bridgehead atoms. The van der Waals surface area contributed by atoms with Gasteiger partial charge in [-0.25, -0.2) is 0 Å². The van der Waals surface area contributed by atoms with E-state index < -0.39 is 0 Å². The normalized spacial score (nSPS) is 14.9. The van der Waals surface area contributed by atoms with E-state index in [2.05, 4.69) is 58.9 Å². The molecule has 2 heteroatoms. The summed E-state index contributed by atoms with van der Waals surface area (Å²) in [5.41, 5.74) is 1.13. The van der Waals surface area contributed by atoms with Gasteiger partial charge in [-0.3, -0.25) is 0 Å². The van der Waals surface area contributed by atoms with E-state index in [4.69, 9.17) is 9.47 Å². The van der Waals surface area contributed by atoms with Crippen molar-refractivity contribution in [3.8, 4) is 5.75 Å². The van der Waals surface area contributed by atoms with E-state index in [-0.39, 0.29) is 5.60 Å². The minimum absolute atomic E-state index is 0.155. The summed E-state index contributed by atoms with van der Waals surface area (Å²) in [5.74, 6) is 1.92. The molecule has 0 saturated heterocycles. The average Bonchev–Trinajstić information content (AvgIpc) is 2.45. The summed E-state index contributed by atoms with van der Waals surface area (Å²) in [6.45, 7) is 11.7. The fourth-order valence-electron chi connectivity index (χ4n) is 2.25. The number of rotatable bonds is 8. The summed E-state index contributed by atoms with van der Waals surface area (Å²) in [6, 6.07) is 8.42. The molecule has 0 amide bonds. The van der Waals surface area contributed by atoms with Gasteiger partial charge in [0.25, 0.3) is 0 Å². The van der Waals surface area contributed by atoms with Crippen molar-refractivity contribution in [3.05, 3.63) is 29.8 Å². The Morgan fingerprint density at radius 2 is 1.70 bits per heavy atom. The van der Waals surface area contributed by atoms with Crippen LogP contribution in [0.2, 0.25) is 0 Å². The molecule has 0 spiro atoms. The molecule has 2 atom stereocenters. The van der Waals surface area contributed by atoms with Crippen molar-refractivity contribution in [2.75, 3.05) is 13.7 Å². The van der Waals surface area contributed by atoms with Gasteiger partial charge < -0.3 is 9.47 Å². The van der Waals surface area contributed by atoms with Crippen molar-refractivity contribution in [3.63, 3.8) is 0 Å². The Kier molecular flexibility index (Phi) is 6.54. The van der Waals surface area contributed by atoms with Gasteiger partial charge in [-0.05, 0) is 43.9 Å². The van der Waals surface area contributed by atoms with E-state index in [0.29, 0.717) is 11.8 Å². The molecule has 0 N–H and O–H groups in total. The molecule has 1 aromatic rings. The van der Waals surface area contributed by atoms with Crippen molar-refractivity contribution < 1.29 is 9.47 Å². The quantitative estimate of drug-likeness (QED) is 0.664. The highest BCUT2D eigenvalue weighted by atomic mass is 16.5. The highest BCUT2D eigenvalue weighted by Gasteiger charge is 2.26. The third kappa shape index (κ3) is 4.82. The molecule has 114 valence electrons. The first-order chi connectivity index (χ1) is 9.40. The molecular weight excluding hydrogens is 248 g/mol. The maximum Gasteiger partial charge on any atom is 0.119 e. The average molecular weight is 278 g/mol.